The first-order valence-electron chi connectivity index (χ1n) is 7.08. The highest BCUT2D eigenvalue weighted by atomic mass is 16.5. The van der Waals surface area contributed by atoms with E-state index in [0.717, 1.165) is 22.3 Å². The van der Waals surface area contributed by atoms with Gasteiger partial charge in [0, 0.05) is 17.8 Å². The summed E-state index contributed by atoms with van der Waals surface area (Å²) in [6.07, 6.45) is 2.06. The molecule has 0 N–H and O–H groups in total. The van der Waals surface area contributed by atoms with Crippen molar-refractivity contribution in [2.24, 2.45) is 0 Å². The van der Waals surface area contributed by atoms with Gasteiger partial charge in [0.15, 0.2) is 0 Å². The number of para-hydroxylation sites is 1. The number of benzene rings is 2. The quantitative estimate of drug-likeness (QED) is 0.498. The molecule has 2 aromatic carbocycles. The molecule has 3 nitrogen and oxygen atoms in total. The fourth-order valence-electron chi connectivity index (χ4n) is 3.00. The van der Waals surface area contributed by atoms with E-state index in [1.54, 1.807) is 0 Å². The Kier molecular flexibility index (Phi) is 2.45. The third-order valence-electron chi connectivity index (χ3n) is 4.22. The molecule has 2 heterocycles. The smallest absolute Gasteiger partial charge is 0.318 e. The second kappa shape index (κ2) is 4.22. The number of rotatable bonds is 1. The van der Waals surface area contributed by atoms with E-state index in [2.05, 4.69) is 42.0 Å². The van der Waals surface area contributed by atoms with Crippen molar-refractivity contribution in [3.8, 4) is 11.4 Å². The molecule has 104 valence electrons. The van der Waals surface area contributed by atoms with Crippen molar-refractivity contribution in [2.45, 2.75) is 19.8 Å². The minimum atomic E-state index is -0.172. The summed E-state index contributed by atoms with van der Waals surface area (Å²) in [6, 6.07) is 14.4. The van der Waals surface area contributed by atoms with Gasteiger partial charge in [-0.2, -0.15) is 0 Å². The lowest BCUT2D eigenvalue weighted by atomic mass is 10.00. The molecule has 0 fully saturated rings. The second-order valence-electron chi connectivity index (χ2n) is 5.56. The Bertz CT molecular complexity index is 876. The van der Waals surface area contributed by atoms with Crippen molar-refractivity contribution in [2.75, 3.05) is 0 Å². The van der Waals surface area contributed by atoms with Crippen LogP contribution in [0.4, 0.5) is 0 Å². The minimum absolute atomic E-state index is 0.168. The zero-order valence-electron chi connectivity index (χ0n) is 12.0. The van der Waals surface area contributed by atoms with Crippen molar-refractivity contribution in [1.82, 2.24) is 4.57 Å². The van der Waals surface area contributed by atoms with Crippen LogP contribution < -0.4 is 4.74 Å². The third kappa shape index (κ3) is 1.70. The van der Waals surface area contributed by atoms with Crippen LogP contribution in [0.5, 0.6) is 5.75 Å². The second-order valence-corrected chi connectivity index (χ2v) is 5.56. The Hall–Kier alpha value is -2.55. The summed E-state index contributed by atoms with van der Waals surface area (Å²) >= 11 is 0. The van der Waals surface area contributed by atoms with Crippen LogP contribution in [-0.2, 0) is 4.79 Å². The van der Waals surface area contributed by atoms with Gasteiger partial charge < -0.3 is 9.30 Å². The molecule has 0 bridgehead atoms. The molecule has 0 saturated heterocycles. The van der Waals surface area contributed by atoms with E-state index >= 15 is 0 Å². The standard InChI is InChI=1S/C18H15NO2/c1-11-9-14-12(2)18(20)21-17(14)10-16(11)19-8-7-13-5-3-4-6-15(13)19/h3-10,12H,1-2H3. The fraction of sp³-hybridized carbons (Fsp3) is 0.167. The summed E-state index contributed by atoms with van der Waals surface area (Å²) in [4.78, 5) is 11.7. The van der Waals surface area contributed by atoms with Gasteiger partial charge in [-0.15, -0.1) is 0 Å². The summed E-state index contributed by atoms with van der Waals surface area (Å²) in [5.41, 5.74) is 4.33. The number of aromatic nitrogens is 1. The van der Waals surface area contributed by atoms with Gasteiger partial charge in [0.2, 0.25) is 0 Å². The summed E-state index contributed by atoms with van der Waals surface area (Å²) in [7, 11) is 0. The maximum atomic E-state index is 11.7. The Balaban J connectivity index is 1.94. The highest BCUT2D eigenvalue weighted by molar-refractivity contribution is 5.87. The zero-order chi connectivity index (χ0) is 14.6. The van der Waals surface area contributed by atoms with Crippen LogP contribution in [0.2, 0.25) is 0 Å². The van der Waals surface area contributed by atoms with E-state index in [-0.39, 0.29) is 11.9 Å². The zero-order valence-corrected chi connectivity index (χ0v) is 12.0. The molecule has 21 heavy (non-hydrogen) atoms. The highest BCUT2D eigenvalue weighted by Crippen LogP contribution is 2.38. The maximum Gasteiger partial charge on any atom is 0.318 e. The molecular formula is C18H15NO2. The lowest BCUT2D eigenvalue weighted by Gasteiger charge is -2.11. The van der Waals surface area contributed by atoms with Crippen molar-refractivity contribution in [1.29, 1.82) is 0 Å². The summed E-state index contributed by atoms with van der Waals surface area (Å²) in [6.45, 7) is 3.96. The Morgan fingerprint density at radius 3 is 2.81 bits per heavy atom. The summed E-state index contributed by atoms with van der Waals surface area (Å²) in [5.74, 6) is 0.346. The molecule has 1 aromatic heterocycles. The maximum absolute atomic E-state index is 11.7. The number of fused-ring (bicyclic) bond motifs is 2. The van der Waals surface area contributed by atoms with E-state index in [1.165, 1.54) is 5.39 Å². The van der Waals surface area contributed by atoms with Crippen LogP contribution in [0.25, 0.3) is 16.6 Å². The normalized spacial score (nSPS) is 17.0. The molecule has 3 heteroatoms. The van der Waals surface area contributed by atoms with Crippen LogP contribution in [0.15, 0.2) is 48.7 Å². The Labute approximate surface area is 122 Å². The predicted octanol–water partition coefficient (Wildman–Crippen LogP) is 3.96. The molecule has 3 aromatic rings. The van der Waals surface area contributed by atoms with Crippen LogP contribution in [0.1, 0.15) is 24.0 Å². The lowest BCUT2D eigenvalue weighted by molar-refractivity contribution is -0.133. The number of hydrogen-bond acceptors (Lipinski definition) is 2. The molecule has 1 aliphatic rings. The molecule has 1 atom stereocenters. The van der Waals surface area contributed by atoms with Gasteiger partial charge in [0.25, 0.3) is 0 Å². The first kappa shape index (κ1) is 12.2. The van der Waals surface area contributed by atoms with Crippen molar-refractivity contribution >= 4 is 16.9 Å². The average Bonchev–Trinajstić information content (AvgIpc) is 3.02. The largest absolute Gasteiger partial charge is 0.426 e. The van der Waals surface area contributed by atoms with E-state index in [9.17, 15) is 4.79 Å². The summed E-state index contributed by atoms with van der Waals surface area (Å²) < 4.78 is 7.51. The highest BCUT2D eigenvalue weighted by Gasteiger charge is 2.30. The number of aryl methyl sites for hydroxylation is 1. The molecule has 1 aliphatic heterocycles. The fourth-order valence-corrected chi connectivity index (χ4v) is 3.00. The SMILES string of the molecule is Cc1cc2c(cc1-n1ccc3ccccc31)OC(=O)C2C. The van der Waals surface area contributed by atoms with Gasteiger partial charge in [-0.25, -0.2) is 0 Å². The molecule has 0 amide bonds. The minimum Gasteiger partial charge on any atom is -0.426 e. The van der Waals surface area contributed by atoms with Crippen molar-refractivity contribution < 1.29 is 9.53 Å². The molecule has 1 unspecified atom stereocenters. The van der Waals surface area contributed by atoms with Crippen LogP contribution >= 0.6 is 0 Å². The van der Waals surface area contributed by atoms with E-state index in [0.29, 0.717) is 5.75 Å². The molecular weight excluding hydrogens is 262 g/mol. The number of ether oxygens (including phenoxy) is 1. The molecule has 0 radical (unpaired) electrons. The van der Waals surface area contributed by atoms with Gasteiger partial charge in [-0.1, -0.05) is 18.2 Å². The number of nitrogens with zero attached hydrogens (tertiary/aromatic N) is 1. The summed E-state index contributed by atoms with van der Waals surface area (Å²) in [5, 5.41) is 1.20. The van der Waals surface area contributed by atoms with Gasteiger partial charge in [-0.05, 0) is 43.0 Å². The molecule has 4 rings (SSSR count). The first-order chi connectivity index (χ1) is 10.1. The van der Waals surface area contributed by atoms with Crippen molar-refractivity contribution in [3.63, 3.8) is 0 Å². The monoisotopic (exact) mass is 277 g/mol. The van der Waals surface area contributed by atoms with E-state index in [4.69, 9.17) is 4.74 Å². The van der Waals surface area contributed by atoms with Crippen LogP contribution in [-0.4, -0.2) is 10.5 Å². The van der Waals surface area contributed by atoms with Crippen LogP contribution in [0.3, 0.4) is 0 Å². The van der Waals surface area contributed by atoms with Crippen molar-refractivity contribution in [3.05, 3.63) is 59.8 Å². The Morgan fingerprint density at radius 1 is 1.14 bits per heavy atom. The van der Waals surface area contributed by atoms with Gasteiger partial charge in [0.1, 0.15) is 5.75 Å². The molecule has 0 spiro atoms. The van der Waals surface area contributed by atoms with Gasteiger partial charge in [-0.3, -0.25) is 4.79 Å². The third-order valence-corrected chi connectivity index (χ3v) is 4.22. The number of esters is 1. The molecule has 0 aliphatic carbocycles. The van der Waals surface area contributed by atoms with Crippen LogP contribution in [0, 0.1) is 6.92 Å². The average molecular weight is 277 g/mol. The van der Waals surface area contributed by atoms with Gasteiger partial charge >= 0.3 is 5.97 Å². The topological polar surface area (TPSA) is 31.2 Å². The van der Waals surface area contributed by atoms with Gasteiger partial charge in [0.05, 0.1) is 17.1 Å². The predicted molar refractivity (Wildman–Crippen MR) is 82.1 cm³/mol. The number of carbonyl (C=O) groups is 1. The molecule has 0 saturated carbocycles. The first-order valence-corrected chi connectivity index (χ1v) is 7.08. The van der Waals surface area contributed by atoms with E-state index < -0.39 is 0 Å². The number of hydrogen-bond donors (Lipinski definition) is 0. The Morgan fingerprint density at radius 2 is 1.95 bits per heavy atom. The number of carbonyl (C=O) groups excluding carboxylic acids is 1. The lowest BCUT2D eigenvalue weighted by Crippen LogP contribution is -2.05. The van der Waals surface area contributed by atoms with E-state index in [1.807, 2.05) is 25.1 Å².